The van der Waals surface area contributed by atoms with Crippen molar-refractivity contribution in [1.82, 2.24) is 0 Å². The lowest BCUT2D eigenvalue weighted by Crippen LogP contribution is -2.26. The van der Waals surface area contributed by atoms with Gasteiger partial charge in [0.25, 0.3) is 0 Å². The van der Waals surface area contributed by atoms with E-state index in [0.29, 0.717) is 18.4 Å². The zero-order valence-corrected chi connectivity index (χ0v) is 16.7. The van der Waals surface area contributed by atoms with Crippen molar-refractivity contribution < 1.29 is 19.5 Å². The first kappa shape index (κ1) is 21.3. The fraction of sp³-hybridized carbons (Fsp3) is 0.192. The van der Waals surface area contributed by atoms with E-state index in [1.54, 1.807) is 18.2 Å². The molecule has 0 atom stereocenters. The minimum atomic E-state index is -1.23. The molecule has 0 heterocycles. The van der Waals surface area contributed by atoms with Gasteiger partial charge in [0.05, 0.1) is 0 Å². The fourth-order valence-corrected chi connectivity index (χ4v) is 3.18. The van der Waals surface area contributed by atoms with Crippen LogP contribution in [0.25, 0.3) is 11.1 Å². The number of ketones is 3. The number of benzene rings is 2. The molecule has 1 aliphatic rings. The molecular weight excluding hydrogens is 376 g/mol. The first-order valence-electron chi connectivity index (χ1n) is 9.98. The Balaban J connectivity index is 1.43. The Hall–Kier alpha value is -3.37. The van der Waals surface area contributed by atoms with Crippen LogP contribution in [0.2, 0.25) is 0 Å². The second kappa shape index (κ2) is 9.90. The van der Waals surface area contributed by atoms with E-state index in [1.807, 2.05) is 42.5 Å². The van der Waals surface area contributed by atoms with Crippen molar-refractivity contribution in [2.45, 2.75) is 31.3 Å². The molecule has 4 heteroatoms. The summed E-state index contributed by atoms with van der Waals surface area (Å²) in [4.78, 5) is 35.4. The molecule has 0 saturated carbocycles. The van der Waals surface area contributed by atoms with Crippen LogP contribution in [0.15, 0.2) is 91.1 Å². The van der Waals surface area contributed by atoms with Crippen LogP contribution in [0.1, 0.15) is 36.0 Å². The van der Waals surface area contributed by atoms with Gasteiger partial charge in [-0.25, -0.2) is 0 Å². The zero-order valence-electron chi connectivity index (χ0n) is 16.7. The molecule has 0 amide bonds. The van der Waals surface area contributed by atoms with Crippen molar-refractivity contribution >= 4 is 17.3 Å². The van der Waals surface area contributed by atoms with E-state index >= 15 is 0 Å². The van der Waals surface area contributed by atoms with Gasteiger partial charge in [-0.1, -0.05) is 60.7 Å². The Morgan fingerprint density at radius 2 is 1.50 bits per heavy atom. The van der Waals surface area contributed by atoms with Crippen LogP contribution in [0.3, 0.4) is 0 Å². The summed E-state index contributed by atoms with van der Waals surface area (Å²) in [5.41, 5.74) is 1.52. The number of carbonyl (C=O) groups is 3. The highest BCUT2D eigenvalue weighted by Crippen LogP contribution is 2.21. The van der Waals surface area contributed by atoms with E-state index in [1.165, 1.54) is 30.4 Å². The van der Waals surface area contributed by atoms with Crippen LogP contribution in [-0.4, -0.2) is 28.1 Å². The van der Waals surface area contributed by atoms with E-state index in [2.05, 4.69) is 0 Å². The zero-order chi connectivity index (χ0) is 21.4. The van der Waals surface area contributed by atoms with Crippen LogP contribution < -0.4 is 0 Å². The topological polar surface area (TPSA) is 71.4 Å². The monoisotopic (exact) mass is 400 g/mol. The second-order valence-electron chi connectivity index (χ2n) is 7.35. The van der Waals surface area contributed by atoms with Crippen molar-refractivity contribution in [3.8, 4) is 11.1 Å². The van der Waals surface area contributed by atoms with Gasteiger partial charge in [0.1, 0.15) is 11.4 Å². The van der Waals surface area contributed by atoms with Gasteiger partial charge in [0.2, 0.25) is 0 Å². The molecule has 2 aromatic carbocycles. The molecule has 3 rings (SSSR count). The number of carbonyl (C=O) groups excluding carboxylic acids is 3. The summed E-state index contributed by atoms with van der Waals surface area (Å²) in [6, 6.07) is 17.4. The van der Waals surface area contributed by atoms with Gasteiger partial charge in [0.15, 0.2) is 11.6 Å². The molecule has 152 valence electrons. The molecule has 4 nitrogen and oxygen atoms in total. The highest BCUT2D eigenvalue weighted by molar-refractivity contribution is 6.04. The normalized spacial score (nSPS) is 14.9. The minimum Gasteiger partial charge on any atom is -0.382 e. The molecule has 30 heavy (non-hydrogen) atoms. The highest BCUT2D eigenvalue weighted by Gasteiger charge is 2.23. The first-order chi connectivity index (χ1) is 14.5. The van der Waals surface area contributed by atoms with Gasteiger partial charge in [-0.3, -0.25) is 14.4 Å². The lowest BCUT2D eigenvalue weighted by Gasteiger charge is -2.21. The van der Waals surface area contributed by atoms with Gasteiger partial charge in [-0.15, -0.1) is 0 Å². The predicted octanol–water partition coefficient (Wildman–Crippen LogP) is 4.65. The Kier molecular flexibility index (Phi) is 7.04. The van der Waals surface area contributed by atoms with Crippen LogP contribution in [-0.2, 0) is 9.59 Å². The second-order valence-corrected chi connectivity index (χ2v) is 7.35. The van der Waals surface area contributed by atoms with Crippen molar-refractivity contribution in [3.63, 3.8) is 0 Å². The summed E-state index contributed by atoms with van der Waals surface area (Å²) in [7, 11) is 0. The van der Waals surface area contributed by atoms with Crippen LogP contribution in [0, 0.1) is 0 Å². The maximum Gasteiger partial charge on any atom is 0.185 e. The smallest absolute Gasteiger partial charge is 0.185 e. The maximum atomic E-state index is 12.3. The molecule has 0 aliphatic heterocycles. The third kappa shape index (κ3) is 6.06. The maximum absolute atomic E-state index is 12.3. The number of aliphatic hydroxyl groups is 1. The highest BCUT2D eigenvalue weighted by atomic mass is 16.3. The molecule has 0 spiro atoms. The summed E-state index contributed by atoms with van der Waals surface area (Å²) in [5, 5.41) is 10.3. The van der Waals surface area contributed by atoms with Crippen molar-refractivity contribution in [2.75, 3.05) is 0 Å². The summed E-state index contributed by atoms with van der Waals surface area (Å²) in [5.74, 6) is -0.263. The molecule has 1 aliphatic carbocycles. The van der Waals surface area contributed by atoms with Crippen LogP contribution in [0.4, 0.5) is 0 Å². The molecule has 1 N–H and O–H groups in total. The third-order valence-corrected chi connectivity index (χ3v) is 5.01. The number of hydrogen-bond donors (Lipinski definition) is 1. The third-order valence-electron chi connectivity index (χ3n) is 5.01. The molecule has 0 aromatic heterocycles. The summed E-state index contributed by atoms with van der Waals surface area (Å²) in [6.45, 7) is 0. The molecule has 0 saturated heterocycles. The number of rotatable bonds is 9. The summed E-state index contributed by atoms with van der Waals surface area (Å²) >= 11 is 0. The number of allylic oxidation sites excluding steroid dienone is 4. The molecule has 0 radical (unpaired) electrons. The Morgan fingerprint density at radius 3 is 2.17 bits per heavy atom. The largest absolute Gasteiger partial charge is 0.382 e. The number of Topliss-reactive ketones (excluding diaryl/α,β-unsaturated/α-hetero) is 1. The molecule has 0 bridgehead atoms. The van der Waals surface area contributed by atoms with E-state index in [4.69, 9.17) is 0 Å². The van der Waals surface area contributed by atoms with E-state index < -0.39 is 5.60 Å². The lowest BCUT2D eigenvalue weighted by atomic mass is 9.91. The van der Waals surface area contributed by atoms with E-state index in [9.17, 15) is 19.5 Å². The van der Waals surface area contributed by atoms with Crippen LogP contribution in [0.5, 0.6) is 0 Å². The first-order valence-corrected chi connectivity index (χ1v) is 9.98. The van der Waals surface area contributed by atoms with Gasteiger partial charge in [0, 0.05) is 18.4 Å². The van der Waals surface area contributed by atoms with Gasteiger partial charge < -0.3 is 5.11 Å². The fourth-order valence-electron chi connectivity index (χ4n) is 3.18. The quantitative estimate of drug-likeness (QED) is 0.491. The Morgan fingerprint density at radius 1 is 0.867 bits per heavy atom. The SMILES string of the molecule is O=C1C=CC(O)(CCC(=O)CC/C=C/C(=O)c2ccc(-c3ccccc3)cc2)C=C1. The molecule has 2 aromatic rings. The van der Waals surface area contributed by atoms with Gasteiger partial charge in [-0.05, 0) is 54.3 Å². The van der Waals surface area contributed by atoms with E-state index in [-0.39, 0.29) is 30.2 Å². The molecular formula is C26H24O4. The Labute approximate surface area is 176 Å². The Bertz CT molecular complexity index is 979. The van der Waals surface area contributed by atoms with Crippen LogP contribution >= 0.6 is 0 Å². The predicted molar refractivity (Wildman–Crippen MR) is 117 cm³/mol. The van der Waals surface area contributed by atoms with Crippen molar-refractivity contribution in [2.24, 2.45) is 0 Å². The number of hydrogen-bond acceptors (Lipinski definition) is 4. The molecule has 0 unspecified atom stereocenters. The van der Waals surface area contributed by atoms with Crippen molar-refractivity contribution in [3.05, 3.63) is 96.6 Å². The summed E-state index contributed by atoms with van der Waals surface area (Å²) in [6.07, 6.45) is 9.89. The summed E-state index contributed by atoms with van der Waals surface area (Å²) < 4.78 is 0. The standard InChI is InChI=1S/C26H24O4/c27-23(14-17-26(30)18-15-24(28)16-19-26)8-4-5-9-25(29)22-12-10-21(11-13-22)20-6-2-1-3-7-20/h1-3,5-7,9-13,15-16,18-19,30H,4,8,14,17H2/b9-5+. The minimum absolute atomic E-state index is 0.00596. The van der Waals surface area contributed by atoms with Gasteiger partial charge in [-0.2, -0.15) is 0 Å². The van der Waals surface area contributed by atoms with E-state index in [0.717, 1.165) is 11.1 Å². The lowest BCUT2D eigenvalue weighted by molar-refractivity contribution is -0.119. The average Bonchev–Trinajstić information content (AvgIpc) is 2.78. The van der Waals surface area contributed by atoms with Crippen molar-refractivity contribution in [1.29, 1.82) is 0 Å². The van der Waals surface area contributed by atoms with Gasteiger partial charge >= 0.3 is 0 Å². The average molecular weight is 400 g/mol. The molecule has 0 fully saturated rings.